The summed E-state index contributed by atoms with van der Waals surface area (Å²) in [6.07, 6.45) is 1.48. The fraction of sp³-hybridized carbons (Fsp3) is 0.500. The van der Waals surface area contributed by atoms with E-state index >= 15 is 0 Å². The number of likely N-dealkylation sites (N-methyl/N-ethyl adjacent to an activating group) is 1. The first-order valence-electron chi connectivity index (χ1n) is 6.23. The third kappa shape index (κ3) is 3.80. The van der Waals surface area contributed by atoms with E-state index in [-0.39, 0.29) is 18.0 Å². The molecule has 0 bridgehead atoms. The number of anilines is 1. The van der Waals surface area contributed by atoms with Crippen molar-refractivity contribution >= 4 is 11.6 Å². The Morgan fingerprint density at radius 2 is 2.00 bits per heavy atom. The number of pyridine rings is 1. The summed E-state index contributed by atoms with van der Waals surface area (Å²) >= 11 is 0. The van der Waals surface area contributed by atoms with Crippen LogP contribution in [-0.2, 0) is 11.3 Å². The first kappa shape index (κ1) is 13.6. The molecule has 7 heteroatoms. The molecule has 1 fully saturated rings. The molecular weight excluding hydrogens is 246 g/mol. The maximum absolute atomic E-state index is 11.9. The summed E-state index contributed by atoms with van der Waals surface area (Å²) in [5.74, 6) is -0.211. The summed E-state index contributed by atoms with van der Waals surface area (Å²) < 4.78 is 1.31. The lowest BCUT2D eigenvalue weighted by molar-refractivity contribution is -0.127. The van der Waals surface area contributed by atoms with Crippen molar-refractivity contribution in [3.05, 3.63) is 28.7 Å². The fourth-order valence-electron chi connectivity index (χ4n) is 1.96. The first-order valence-corrected chi connectivity index (χ1v) is 6.23. The molecule has 0 aliphatic carbocycles. The molecule has 3 N–H and O–H groups in total. The highest BCUT2D eigenvalue weighted by Gasteiger charge is 2.15. The Morgan fingerprint density at radius 3 is 2.68 bits per heavy atom. The molecule has 1 aliphatic heterocycles. The molecule has 1 aromatic heterocycles. The Bertz CT molecular complexity index is 505. The van der Waals surface area contributed by atoms with Crippen LogP contribution >= 0.6 is 0 Å². The van der Waals surface area contributed by atoms with E-state index < -0.39 is 0 Å². The number of nitrogens with zero attached hydrogens (tertiary/aromatic N) is 3. The third-order valence-electron chi connectivity index (χ3n) is 3.11. The van der Waals surface area contributed by atoms with Crippen LogP contribution in [0.15, 0.2) is 23.1 Å². The monoisotopic (exact) mass is 265 g/mol. The van der Waals surface area contributed by atoms with Crippen molar-refractivity contribution in [3.8, 4) is 0 Å². The fourth-order valence-corrected chi connectivity index (χ4v) is 1.96. The van der Waals surface area contributed by atoms with E-state index in [0.717, 1.165) is 26.2 Å². The third-order valence-corrected chi connectivity index (χ3v) is 3.11. The van der Waals surface area contributed by atoms with Crippen LogP contribution in [0.3, 0.4) is 0 Å². The molecule has 0 saturated carbocycles. The van der Waals surface area contributed by atoms with E-state index in [1.807, 2.05) is 12.1 Å². The molecule has 19 heavy (non-hydrogen) atoms. The molecule has 104 valence electrons. The van der Waals surface area contributed by atoms with Crippen molar-refractivity contribution in [1.82, 2.24) is 19.9 Å². The Labute approximate surface area is 111 Å². The largest absolute Gasteiger partial charge is 0.398 e. The van der Waals surface area contributed by atoms with E-state index in [1.54, 1.807) is 0 Å². The van der Waals surface area contributed by atoms with Crippen LogP contribution in [0.2, 0.25) is 0 Å². The van der Waals surface area contributed by atoms with Gasteiger partial charge in [-0.05, 0) is 13.1 Å². The van der Waals surface area contributed by atoms with Gasteiger partial charge in [-0.3, -0.25) is 15.0 Å². The van der Waals surface area contributed by atoms with Gasteiger partial charge in [0.15, 0.2) is 0 Å². The highest BCUT2D eigenvalue weighted by atomic mass is 16.2. The molecule has 7 nitrogen and oxygen atoms in total. The smallest absolute Gasteiger partial charge is 0.254 e. The van der Waals surface area contributed by atoms with Gasteiger partial charge in [0, 0.05) is 44.1 Å². The number of carbonyl (C=O) groups excluding carboxylic acids is 1. The van der Waals surface area contributed by atoms with Gasteiger partial charge in [-0.2, -0.15) is 0 Å². The number of aromatic nitrogens is 1. The summed E-state index contributed by atoms with van der Waals surface area (Å²) in [6, 6.07) is 2.88. The lowest BCUT2D eigenvalue weighted by Crippen LogP contribution is -2.53. The number of nitrogen functional groups attached to an aromatic ring is 1. The van der Waals surface area contributed by atoms with Crippen LogP contribution in [0.1, 0.15) is 0 Å². The van der Waals surface area contributed by atoms with E-state index in [2.05, 4.69) is 10.3 Å². The lowest BCUT2D eigenvalue weighted by atomic mass is 10.4. The molecule has 1 amide bonds. The number of hydrogen-bond donors (Lipinski definition) is 2. The van der Waals surface area contributed by atoms with Crippen LogP contribution in [0, 0.1) is 0 Å². The quantitative estimate of drug-likeness (QED) is 0.710. The summed E-state index contributed by atoms with van der Waals surface area (Å²) in [7, 11) is 2.05. The van der Waals surface area contributed by atoms with Gasteiger partial charge in [0.05, 0.1) is 0 Å². The number of piperazine rings is 1. The van der Waals surface area contributed by atoms with Crippen molar-refractivity contribution in [2.75, 3.05) is 39.0 Å². The zero-order chi connectivity index (χ0) is 13.8. The Hall–Kier alpha value is -1.86. The van der Waals surface area contributed by atoms with Crippen LogP contribution in [0.25, 0.3) is 0 Å². The van der Waals surface area contributed by atoms with Crippen molar-refractivity contribution in [3.63, 3.8) is 0 Å². The first-order chi connectivity index (χ1) is 9.04. The number of hydrazine groups is 1. The SMILES string of the molecule is CN1CCN(NC(=O)Cn2cc(N)ccc2=O)CC1. The normalized spacial score (nSPS) is 17.3. The van der Waals surface area contributed by atoms with Gasteiger partial charge in [0.2, 0.25) is 0 Å². The maximum Gasteiger partial charge on any atom is 0.254 e. The number of rotatable bonds is 3. The van der Waals surface area contributed by atoms with Crippen molar-refractivity contribution in [2.45, 2.75) is 6.54 Å². The van der Waals surface area contributed by atoms with Gasteiger partial charge in [0.1, 0.15) is 6.54 Å². The Balaban J connectivity index is 1.90. The van der Waals surface area contributed by atoms with Gasteiger partial charge in [0.25, 0.3) is 11.5 Å². The highest BCUT2D eigenvalue weighted by Crippen LogP contribution is 1.97. The van der Waals surface area contributed by atoms with E-state index in [1.165, 1.54) is 22.9 Å². The van der Waals surface area contributed by atoms with Crippen LogP contribution in [-0.4, -0.2) is 53.6 Å². The van der Waals surface area contributed by atoms with Gasteiger partial charge in [-0.25, -0.2) is 5.01 Å². The Morgan fingerprint density at radius 1 is 1.32 bits per heavy atom. The minimum atomic E-state index is -0.234. The van der Waals surface area contributed by atoms with E-state index in [0.29, 0.717) is 5.69 Å². The van der Waals surface area contributed by atoms with E-state index in [4.69, 9.17) is 5.73 Å². The minimum Gasteiger partial charge on any atom is -0.398 e. The second kappa shape index (κ2) is 5.85. The predicted molar refractivity (Wildman–Crippen MR) is 72.3 cm³/mol. The molecule has 2 rings (SSSR count). The van der Waals surface area contributed by atoms with Gasteiger partial charge >= 0.3 is 0 Å². The standard InChI is InChI=1S/C12H19N5O2/c1-15-4-6-17(7-5-15)14-11(18)9-16-8-10(13)2-3-12(16)19/h2-3,8H,4-7,9,13H2,1H3,(H,14,18). The molecule has 0 unspecified atom stereocenters. The molecular formula is C12H19N5O2. The number of nitrogens with one attached hydrogen (secondary N) is 1. The van der Waals surface area contributed by atoms with E-state index in [9.17, 15) is 9.59 Å². The molecule has 2 heterocycles. The van der Waals surface area contributed by atoms with Gasteiger partial charge < -0.3 is 15.2 Å². The topological polar surface area (TPSA) is 83.6 Å². The second-order valence-corrected chi connectivity index (χ2v) is 4.75. The maximum atomic E-state index is 11.9. The molecule has 1 aromatic rings. The van der Waals surface area contributed by atoms with Crippen LogP contribution in [0.5, 0.6) is 0 Å². The summed E-state index contributed by atoms with van der Waals surface area (Å²) in [5, 5.41) is 1.87. The molecule has 0 spiro atoms. The minimum absolute atomic E-state index is 0.0176. The molecule has 1 aliphatic rings. The second-order valence-electron chi connectivity index (χ2n) is 4.75. The number of carbonyl (C=O) groups is 1. The van der Waals surface area contributed by atoms with Gasteiger partial charge in [-0.1, -0.05) is 0 Å². The summed E-state index contributed by atoms with van der Waals surface area (Å²) in [4.78, 5) is 25.6. The number of amides is 1. The zero-order valence-electron chi connectivity index (χ0n) is 11.0. The Kier molecular flexibility index (Phi) is 4.18. The average Bonchev–Trinajstić information content (AvgIpc) is 2.37. The lowest BCUT2D eigenvalue weighted by Gasteiger charge is -2.32. The predicted octanol–water partition coefficient (Wildman–Crippen LogP) is -1.29. The summed E-state index contributed by atoms with van der Waals surface area (Å²) in [6.45, 7) is 3.38. The highest BCUT2D eigenvalue weighted by molar-refractivity contribution is 5.75. The summed E-state index contributed by atoms with van der Waals surface area (Å²) in [5.41, 5.74) is 8.63. The van der Waals surface area contributed by atoms with Crippen molar-refractivity contribution < 1.29 is 4.79 Å². The molecule has 1 saturated heterocycles. The molecule has 0 aromatic carbocycles. The number of hydrogen-bond acceptors (Lipinski definition) is 5. The molecule has 0 atom stereocenters. The van der Waals surface area contributed by atoms with Crippen molar-refractivity contribution in [2.24, 2.45) is 0 Å². The van der Waals surface area contributed by atoms with Crippen LogP contribution in [0.4, 0.5) is 5.69 Å². The average molecular weight is 265 g/mol. The van der Waals surface area contributed by atoms with Gasteiger partial charge in [-0.15, -0.1) is 0 Å². The number of nitrogens with two attached hydrogens (primary N) is 1. The molecule has 0 radical (unpaired) electrons. The van der Waals surface area contributed by atoms with Crippen molar-refractivity contribution in [1.29, 1.82) is 0 Å². The zero-order valence-corrected chi connectivity index (χ0v) is 11.0. The van der Waals surface area contributed by atoms with Crippen LogP contribution < -0.4 is 16.7 Å².